The Balaban J connectivity index is 2.17. The second kappa shape index (κ2) is 3.20. The highest BCUT2D eigenvalue weighted by atomic mass is 15.4. The normalized spacial score (nSPS) is 17.3. The highest BCUT2D eigenvalue weighted by Crippen LogP contribution is 2.24. The third-order valence-electron chi connectivity index (χ3n) is 2.44. The molecule has 0 saturated heterocycles. The van der Waals surface area contributed by atoms with Crippen molar-refractivity contribution < 1.29 is 0 Å². The molecule has 1 aromatic heterocycles. The molecule has 0 unspecified atom stereocenters. The van der Waals surface area contributed by atoms with E-state index in [-0.39, 0.29) is 0 Å². The van der Waals surface area contributed by atoms with Crippen LogP contribution < -0.4 is 0 Å². The molecule has 5 nitrogen and oxygen atoms in total. The molecule has 2 heterocycles. The van der Waals surface area contributed by atoms with Gasteiger partial charge in [0.05, 0.1) is 11.4 Å². The van der Waals surface area contributed by atoms with Crippen LogP contribution in [0.2, 0.25) is 0 Å². The first-order chi connectivity index (χ1) is 7.43. The van der Waals surface area contributed by atoms with Crippen molar-refractivity contribution in [2.24, 2.45) is 4.99 Å². The number of aromatic amines is 4. The van der Waals surface area contributed by atoms with Crippen molar-refractivity contribution in [2.75, 3.05) is 0 Å². The summed E-state index contributed by atoms with van der Waals surface area (Å²) in [4.78, 5) is 4.51. The molecule has 0 atom stereocenters. The molecule has 4 N–H and O–H groups in total. The lowest BCUT2D eigenvalue weighted by atomic mass is 10.0. The predicted molar refractivity (Wildman–Crippen MR) is 58.6 cm³/mol. The summed E-state index contributed by atoms with van der Waals surface area (Å²) in [5.74, 6) is 0.840. The van der Waals surface area contributed by atoms with Crippen LogP contribution in [0.4, 0.5) is 5.82 Å². The number of nitrogens with zero attached hydrogens (tertiary/aromatic N) is 1. The highest BCUT2D eigenvalue weighted by Gasteiger charge is 2.15. The molecule has 1 aromatic rings. The smallest absolute Gasteiger partial charge is 0.167 e. The molecule has 0 amide bonds. The van der Waals surface area contributed by atoms with Crippen LogP contribution in [0.3, 0.4) is 0 Å². The number of rotatable bonds is 0. The van der Waals surface area contributed by atoms with Crippen LogP contribution in [0.5, 0.6) is 0 Å². The van der Waals surface area contributed by atoms with Crippen LogP contribution >= 0.6 is 0 Å². The fourth-order valence-electron chi connectivity index (χ4n) is 1.70. The maximum Gasteiger partial charge on any atom is 0.167 e. The van der Waals surface area contributed by atoms with E-state index >= 15 is 0 Å². The molecule has 1 aliphatic heterocycles. The molecule has 0 radical (unpaired) electrons. The summed E-state index contributed by atoms with van der Waals surface area (Å²) in [6.07, 6.45) is 11.0. The Bertz CT molecular complexity index is 524. The van der Waals surface area contributed by atoms with Crippen LogP contribution in [0.1, 0.15) is 5.69 Å². The molecule has 0 aromatic carbocycles. The van der Waals surface area contributed by atoms with Gasteiger partial charge in [-0.15, -0.1) is 0 Å². The van der Waals surface area contributed by atoms with Crippen molar-refractivity contribution in [1.82, 2.24) is 20.6 Å². The van der Waals surface area contributed by atoms with Crippen molar-refractivity contribution in [3.8, 4) is 0 Å². The van der Waals surface area contributed by atoms with Crippen molar-refractivity contribution in [3.05, 3.63) is 41.6 Å². The van der Waals surface area contributed by atoms with Gasteiger partial charge in [-0.05, 0) is 11.6 Å². The van der Waals surface area contributed by atoms with Gasteiger partial charge >= 0.3 is 0 Å². The fraction of sp³-hybridized carbons (Fsp3) is 0.100. The number of aliphatic imine (C=N–C) groups is 1. The van der Waals surface area contributed by atoms with Crippen molar-refractivity contribution in [3.63, 3.8) is 0 Å². The summed E-state index contributed by atoms with van der Waals surface area (Å²) in [6, 6.07) is 0. The van der Waals surface area contributed by atoms with Gasteiger partial charge in [-0.3, -0.25) is 10.2 Å². The Hall–Kier alpha value is -2.17. The number of H-pyrrole nitrogens is 4. The average molecular weight is 201 g/mol. The van der Waals surface area contributed by atoms with E-state index in [9.17, 15) is 0 Å². The van der Waals surface area contributed by atoms with Crippen molar-refractivity contribution >= 4 is 11.5 Å². The fourth-order valence-corrected chi connectivity index (χ4v) is 1.70. The maximum atomic E-state index is 4.51. The molecular formula is C10H11N5. The standard InChI is InChI=1S/C10H11N5/c1-2-4-7-6-9-10(13-15-14-12-9)11-8(7)5-3-1/h1-5,12-15H,6H2. The summed E-state index contributed by atoms with van der Waals surface area (Å²) in [7, 11) is 0. The van der Waals surface area contributed by atoms with E-state index in [0.717, 1.165) is 23.6 Å². The first kappa shape index (κ1) is 8.16. The first-order valence-electron chi connectivity index (χ1n) is 4.82. The largest absolute Gasteiger partial charge is 0.286 e. The summed E-state index contributed by atoms with van der Waals surface area (Å²) < 4.78 is 0. The monoisotopic (exact) mass is 201 g/mol. The molecule has 76 valence electrons. The van der Waals surface area contributed by atoms with Gasteiger partial charge in [0, 0.05) is 6.42 Å². The number of nitrogens with one attached hydrogen (secondary N) is 4. The lowest BCUT2D eigenvalue weighted by Gasteiger charge is -2.15. The zero-order chi connectivity index (χ0) is 10.1. The van der Waals surface area contributed by atoms with E-state index in [1.807, 2.05) is 24.3 Å². The van der Waals surface area contributed by atoms with Gasteiger partial charge in [0.1, 0.15) is 0 Å². The van der Waals surface area contributed by atoms with Gasteiger partial charge in [-0.25, -0.2) is 15.4 Å². The van der Waals surface area contributed by atoms with Gasteiger partial charge in [-0.1, -0.05) is 24.3 Å². The molecular weight excluding hydrogens is 190 g/mol. The van der Waals surface area contributed by atoms with Crippen molar-refractivity contribution in [2.45, 2.75) is 6.42 Å². The molecule has 0 spiro atoms. The number of hydrogen-bond acceptors (Lipinski definition) is 1. The van der Waals surface area contributed by atoms with Crippen LogP contribution in [0.25, 0.3) is 0 Å². The number of fused-ring (bicyclic) bond motifs is 2. The van der Waals surface area contributed by atoms with Crippen LogP contribution in [-0.2, 0) is 6.42 Å². The molecule has 1 aliphatic carbocycles. The Labute approximate surface area is 85.9 Å². The van der Waals surface area contributed by atoms with Gasteiger partial charge in [0.25, 0.3) is 0 Å². The minimum Gasteiger partial charge on any atom is -0.286 e. The lowest BCUT2D eigenvalue weighted by Crippen LogP contribution is -2.11. The second-order valence-corrected chi connectivity index (χ2v) is 3.44. The zero-order valence-electron chi connectivity index (χ0n) is 8.04. The number of hydrogen-bond donors (Lipinski definition) is 4. The molecule has 0 fully saturated rings. The topological polar surface area (TPSA) is 75.5 Å². The van der Waals surface area contributed by atoms with Gasteiger partial charge in [0.2, 0.25) is 0 Å². The van der Waals surface area contributed by atoms with E-state index in [1.165, 1.54) is 5.57 Å². The van der Waals surface area contributed by atoms with Gasteiger partial charge < -0.3 is 0 Å². The minimum absolute atomic E-state index is 0.840. The van der Waals surface area contributed by atoms with Crippen LogP contribution in [-0.4, -0.2) is 26.3 Å². The molecule has 2 aliphatic rings. The van der Waals surface area contributed by atoms with Crippen LogP contribution in [0, 0.1) is 0 Å². The summed E-state index contributed by atoms with van der Waals surface area (Å²) in [6.45, 7) is 0. The molecule has 0 bridgehead atoms. The Morgan fingerprint density at radius 3 is 3.00 bits per heavy atom. The average Bonchev–Trinajstić information content (AvgIpc) is 2.50. The van der Waals surface area contributed by atoms with E-state index in [4.69, 9.17) is 0 Å². The third kappa shape index (κ3) is 1.38. The Kier molecular flexibility index (Phi) is 1.74. The van der Waals surface area contributed by atoms with E-state index in [1.54, 1.807) is 0 Å². The van der Waals surface area contributed by atoms with E-state index in [2.05, 4.69) is 31.7 Å². The summed E-state index contributed by atoms with van der Waals surface area (Å²) >= 11 is 0. The van der Waals surface area contributed by atoms with Gasteiger partial charge in [0.15, 0.2) is 5.82 Å². The van der Waals surface area contributed by atoms with Gasteiger partial charge in [-0.2, -0.15) is 0 Å². The van der Waals surface area contributed by atoms with Crippen LogP contribution in [0.15, 0.2) is 40.9 Å². The second-order valence-electron chi connectivity index (χ2n) is 3.44. The maximum absolute atomic E-state index is 4.51. The van der Waals surface area contributed by atoms with E-state index in [0.29, 0.717) is 0 Å². The Morgan fingerprint density at radius 2 is 2.00 bits per heavy atom. The summed E-state index contributed by atoms with van der Waals surface area (Å²) in [5, 5.41) is 11.5. The molecule has 5 heteroatoms. The highest BCUT2D eigenvalue weighted by molar-refractivity contribution is 6.11. The number of aromatic nitrogens is 4. The van der Waals surface area contributed by atoms with Crippen molar-refractivity contribution in [1.29, 1.82) is 0 Å². The number of allylic oxidation sites excluding steroid dienone is 6. The first-order valence-corrected chi connectivity index (χ1v) is 4.82. The lowest BCUT2D eigenvalue weighted by molar-refractivity contribution is 0.731. The molecule has 15 heavy (non-hydrogen) atoms. The SMILES string of the molecule is C1=CC=C2Cc3[nH][nH][nH][nH]c3N=C2C=C1. The molecule has 3 rings (SSSR count). The summed E-state index contributed by atoms with van der Waals surface area (Å²) in [5.41, 5.74) is 3.28. The Morgan fingerprint density at radius 1 is 1.07 bits per heavy atom. The zero-order valence-corrected chi connectivity index (χ0v) is 8.04. The third-order valence-corrected chi connectivity index (χ3v) is 2.44. The predicted octanol–water partition coefficient (Wildman–Crippen LogP) is 1.80. The van der Waals surface area contributed by atoms with E-state index < -0.39 is 0 Å². The quantitative estimate of drug-likeness (QED) is 0.494. The minimum atomic E-state index is 0.840. The molecule has 0 saturated carbocycles.